The Morgan fingerprint density at radius 3 is 2.60 bits per heavy atom. The second kappa shape index (κ2) is 6.57. The largest absolute Gasteiger partial charge is 0.494 e. The highest BCUT2D eigenvalue weighted by molar-refractivity contribution is 9.11. The summed E-state index contributed by atoms with van der Waals surface area (Å²) in [5.74, 6) is -1.62. The SMILES string of the molecule is C=C(Br)CNS(=O)(=O)c1cc(Cl)cc(C(=O)O)c1OC. The minimum absolute atomic E-state index is 0.0266. The number of methoxy groups -OCH3 is 1. The summed E-state index contributed by atoms with van der Waals surface area (Å²) in [5, 5.41) is 9.03. The molecule has 9 heteroatoms. The molecule has 0 aliphatic carbocycles. The number of carbonyl (C=O) groups is 1. The van der Waals surface area contributed by atoms with Crippen LogP contribution in [0, 0.1) is 0 Å². The van der Waals surface area contributed by atoms with E-state index in [9.17, 15) is 13.2 Å². The first-order valence-electron chi connectivity index (χ1n) is 5.13. The molecule has 1 aromatic carbocycles. The number of hydrogen-bond acceptors (Lipinski definition) is 4. The van der Waals surface area contributed by atoms with Crippen molar-refractivity contribution in [3.8, 4) is 5.75 Å². The van der Waals surface area contributed by atoms with E-state index in [1.54, 1.807) is 0 Å². The monoisotopic (exact) mass is 383 g/mol. The van der Waals surface area contributed by atoms with Crippen LogP contribution in [0.25, 0.3) is 0 Å². The van der Waals surface area contributed by atoms with Crippen molar-refractivity contribution >= 4 is 43.5 Å². The highest BCUT2D eigenvalue weighted by Crippen LogP contribution is 2.31. The highest BCUT2D eigenvalue weighted by Gasteiger charge is 2.25. The van der Waals surface area contributed by atoms with Crippen LogP contribution in [-0.2, 0) is 10.0 Å². The Hall–Kier alpha value is -1.09. The summed E-state index contributed by atoms with van der Waals surface area (Å²) in [5.41, 5.74) is -0.335. The third-order valence-corrected chi connectivity index (χ3v) is 4.10. The van der Waals surface area contributed by atoms with Crippen molar-refractivity contribution in [1.29, 1.82) is 0 Å². The van der Waals surface area contributed by atoms with E-state index in [0.29, 0.717) is 4.48 Å². The van der Waals surface area contributed by atoms with Gasteiger partial charge in [-0.25, -0.2) is 17.9 Å². The second-order valence-corrected chi connectivity index (χ2v) is 6.92. The number of ether oxygens (including phenoxy) is 1. The molecule has 0 amide bonds. The summed E-state index contributed by atoms with van der Waals surface area (Å²) in [7, 11) is -2.81. The van der Waals surface area contributed by atoms with Gasteiger partial charge in [0.2, 0.25) is 10.0 Å². The fourth-order valence-electron chi connectivity index (χ4n) is 1.39. The fraction of sp³-hybridized carbons (Fsp3) is 0.182. The number of hydrogen-bond donors (Lipinski definition) is 2. The van der Waals surface area contributed by atoms with E-state index in [0.717, 1.165) is 12.1 Å². The maximum Gasteiger partial charge on any atom is 0.339 e. The normalized spacial score (nSPS) is 11.2. The van der Waals surface area contributed by atoms with Crippen LogP contribution < -0.4 is 9.46 Å². The lowest BCUT2D eigenvalue weighted by Crippen LogP contribution is -2.25. The summed E-state index contributed by atoms with van der Waals surface area (Å²) >= 11 is 8.77. The molecule has 1 rings (SSSR count). The number of carboxylic acids is 1. The molecule has 2 N–H and O–H groups in total. The lowest BCUT2D eigenvalue weighted by molar-refractivity contribution is 0.0693. The Balaban J connectivity index is 3.43. The summed E-state index contributed by atoms with van der Waals surface area (Å²) < 4.78 is 31.8. The molecule has 0 fully saturated rings. The molecule has 110 valence electrons. The highest BCUT2D eigenvalue weighted by atomic mass is 79.9. The first-order chi connectivity index (χ1) is 9.19. The molecule has 0 bridgehead atoms. The van der Waals surface area contributed by atoms with Crippen molar-refractivity contribution in [3.63, 3.8) is 0 Å². The van der Waals surface area contributed by atoms with Crippen LogP contribution in [0.1, 0.15) is 10.4 Å². The molecular weight excluding hydrogens is 374 g/mol. The molecule has 0 heterocycles. The fourth-order valence-corrected chi connectivity index (χ4v) is 3.24. The van der Waals surface area contributed by atoms with Gasteiger partial charge in [-0.3, -0.25) is 0 Å². The van der Waals surface area contributed by atoms with Crippen LogP contribution >= 0.6 is 27.5 Å². The van der Waals surface area contributed by atoms with Gasteiger partial charge in [-0.15, -0.1) is 0 Å². The Bertz CT molecular complexity index is 659. The van der Waals surface area contributed by atoms with E-state index in [2.05, 4.69) is 27.2 Å². The average Bonchev–Trinajstić information content (AvgIpc) is 2.35. The van der Waals surface area contributed by atoms with Crippen LogP contribution in [0.3, 0.4) is 0 Å². The smallest absolute Gasteiger partial charge is 0.339 e. The molecule has 0 unspecified atom stereocenters. The van der Waals surface area contributed by atoms with Gasteiger partial charge < -0.3 is 9.84 Å². The van der Waals surface area contributed by atoms with Gasteiger partial charge in [0.15, 0.2) is 5.75 Å². The minimum Gasteiger partial charge on any atom is -0.494 e. The topological polar surface area (TPSA) is 92.7 Å². The maximum absolute atomic E-state index is 12.1. The minimum atomic E-state index is -3.99. The Labute approximate surface area is 129 Å². The second-order valence-electron chi connectivity index (χ2n) is 3.63. The summed E-state index contributed by atoms with van der Waals surface area (Å²) in [6.07, 6.45) is 0. The molecule has 0 saturated carbocycles. The summed E-state index contributed by atoms with van der Waals surface area (Å²) in [6, 6.07) is 2.23. The van der Waals surface area contributed by atoms with Gasteiger partial charge in [-0.2, -0.15) is 0 Å². The zero-order valence-electron chi connectivity index (χ0n) is 10.3. The van der Waals surface area contributed by atoms with E-state index in [4.69, 9.17) is 21.4 Å². The van der Waals surface area contributed by atoms with E-state index >= 15 is 0 Å². The van der Waals surface area contributed by atoms with Crippen molar-refractivity contribution in [2.45, 2.75) is 4.90 Å². The lowest BCUT2D eigenvalue weighted by Gasteiger charge is -2.13. The Kier molecular flexibility index (Phi) is 5.58. The third kappa shape index (κ3) is 3.95. The van der Waals surface area contributed by atoms with Crippen molar-refractivity contribution in [2.24, 2.45) is 0 Å². The van der Waals surface area contributed by atoms with Gasteiger partial charge in [-0.05, 0) is 12.1 Å². The molecule has 0 aromatic heterocycles. The third-order valence-electron chi connectivity index (χ3n) is 2.20. The lowest BCUT2D eigenvalue weighted by atomic mass is 10.2. The maximum atomic E-state index is 12.1. The molecule has 0 saturated heterocycles. The summed E-state index contributed by atoms with van der Waals surface area (Å²) in [6.45, 7) is 3.44. The molecule has 0 radical (unpaired) electrons. The number of sulfonamides is 1. The molecule has 0 atom stereocenters. The van der Waals surface area contributed by atoms with Crippen LogP contribution in [0.2, 0.25) is 5.02 Å². The number of nitrogens with one attached hydrogen (secondary N) is 1. The van der Waals surface area contributed by atoms with Crippen LogP contribution in [0.15, 0.2) is 28.1 Å². The predicted molar refractivity (Wildman–Crippen MR) is 78.2 cm³/mol. The van der Waals surface area contributed by atoms with E-state index < -0.39 is 16.0 Å². The van der Waals surface area contributed by atoms with Crippen LogP contribution in [-0.4, -0.2) is 33.1 Å². The molecule has 20 heavy (non-hydrogen) atoms. The van der Waals surface area contributed by atoms with Gasteiger partial charge in [0.1, 0.15) is 10.5 Å². The van der Waals surface area contributed by atoms with E-state index in [-0.39, 0.29) is 27.8 Å². The van der Waals surface area contributed by atoms with E-state index in [1.165, 1.54) is 7.11 Å². The molecule has 1 aromatic rings. The first kappa shape index (κ1) is 17.0. The van der Waals surface area contributed by atoms with Crippen LogP contribution in [0.4, 0.5) is 0 Å². The number of carboxylic acid groups (broad SMARTS) is 1. The Morgan fingerprint density at radius 2 is 2.15 bits per heavy atom. The van der Waals surface area contributed by atoms with Gasteiger partial charge in [0, 0.05) is 16.0 Å². The van der Waals surface area contributed by atoms with Crippen molar-refractivity contribution in [1.82, 2.24) is 4.72 Å². The van der Waals surface area contributed by atoms with Crippen molar-refractivity contribution in [2.75, 3.05) is 13.7 Å². The summed E-state index contributed by atoms with van der Waals surface area (Å²) in [4.78, 5) is 10.8. The molecule has 0 aliphatic heterocycles. The molecule has 6 nitrogen and oxygen atoms in total. The van der Waals surface area contributed by atoms with Gasteiger partial charge in [0.05, 0.1) is 7.11 Å². The van der Waals surface area contributed by atoms with Gasteiger partial charge in [0.25, 0.3) is 0 Å². The Morgan fingerprint density at radius 1 is 1.55 bits per heavy atom. The van der Waals surface area contributed by atoms with Gasteiger partial charge >= 0.3 is 5.97 Å². The quantitative estimate of drug-likeness (QED) is 0.784. The first-order valence-corrected chi connectivity index (χ1v) is 7.78. The van der Waals surface area contributed by atoms with Crippen molar-refractivity contribution < 1.29 is 23.1 Å². The van der Waals surface area contributed by atoms with Gasteiger partial charge in [-0.1, -0.05) is 34.1 Å². The van der Waals surface area contributed by atoms with E-state index in [1.807, 2.05) is 0 Å². The predicted octanol–water partition coefficient (Wildman–Crippen LogP) is 2.23. The average molecular weight is 385 g/mol. The standard InChI is InChI=1S/C11H11BrClNO5S/c1-6(12)5-14-20(17,18)9-4-7(13)3-8(11(15)16)10(9)19-2/h3-4,14H,1,5H2,2H3,(H,15,16). The molecular formula is C11H11BrClNO5S. The number of benzene rings is 1. The zero-order chi connectivity index (χ0) is 15.5. The number of aromatic carboxylic acids is 1. The van der Waals surface area contributed by atoms with Crippen molar-refractivity contribution in [3.05, 3.63) is 33.8 Å². The number of halogens is 2. The van der Waals surface area contributed by atoms with Crippen LogP contribution in [0.5, 0.6) is 5.75 Å². The molecule has 0 spiro atoms. The molecule has 0 aliphatic rings. The zero-order valence-corrected chi connectivity index (χ0v) is 13.5. The number of rotatable bonds is 6.